The van der Waals surface area contributed by atoms with Crippen molar-refractivity contribution in [2.75, 3.05) is 12.4 Å². The first-order valence-corrected chi connectivity index (χ1v) is 10.7. The number of methoxy groups -OCH3 is 1. The molecule has 1 N–H and O–H groups in total. The molecule has 32 heavy (non-hydrogen) atoms. The molecule has 8 heteroatoms. The van der Waals surface area contributed by atoms with E-state index in [9.17, 15) is 14.4 Å². The van der Waals surface area contributed by atoms with Crippen LogP contribution in [0.1, 0.15) is 42.4 Å². The number of hydrogen-bond acceptors (Lipinski definition) is 6. The molecule has 1 amide bonds. The number of rotatable bonds is 5. The third-order valence-electron chi connectivity index (χ3n) is 5.56. The number of nitrogens with one attached hydrogen (secondary N) is 1. The van der Waals surface area contributed by atoms with E-state index in [1.54, 1.807) is 48.1 Å². The number of benzene rings is 2. The van der Waals surface area contributed by atoms with Gasteiger partial charge >= 0.3 is 5.97 Å². The molecule has 1 aliphatic heterocycles. The van der Waals surface area contributed by atoms with Gasteiger partial charge in [0.25, 0.3) is 11.5 Å². The lowest BCUT2D eigenvalue weighted by molar-refractivity contribution is -0.123. The average Bonchev–Trinajstić information content (AvgIpc) is 3.05. The molecule has 0 spiro atoms. The van der Waals surface area contributed by atoms with Crippen LogP contribution in [0.4, 0.5) is 5.69 Å². The van der Waals surface area contributed by atoms with E-state index in [1.165, 1.54) is 13.0 Å². The van der Waals surface area contributed by atoms with Crippen molar-refractivity contribution < 1.29 is 19.1 Å². The number of esters is 1. The summed E-state index contributed by atoms with van der Waals surface area (Å²) in [4.78, 5) is 42.5. The van der Waals surface area contributed by atoms with E-state index in [1.807, 2.05) is 0 Å². The largest absolute Gasteiger partial charge is 0.497 e. The molecule has 1 aromatic heterocycles. The lowest BCUT2D eigenvalue weighted by Gasteiger charge is -2.14. The second-order valence-corrected chi connectivity index (χ2v) is 7.79. The Morgan fingerprint density at radius 2 is 1.88 bits per heavy atom. The van der Waals surface area contributed by atoms with Crippen LogP contribution in [0.5, 0.6) is 5.75 Å². The first kappa shape index (κ1) is 21.5. The molecule has 0 saturated carbocycles. The Hall–Kier alpha value is -3.68. The first-order chi connectivity index (χ1) is 15.5. The number of nitrogens with zero attached hydrogens (tertiary/aromatic N) is 2. The maximum atomic E-state index is 12.8. The number of aromatic nitrogens is 2. The molecule has 2 aromatic carbocycles. The van der Waals surface area contributed by atoms with Crippen molar-refractivity contribution in [2.45, 2.75) is 45.3 Å². The Balaban J connectivity index is 1.49. The van der Waals surface area contributed by atoms with Crippen LogP contribution in [0.15, 0.2) is 47.3 Å². The number of carbonyl (C=O) groups is 2. The zero-order valence-electron chi connectivity index (χ0n) is 18.1. The summed E-state index contributed by atoms with van der Waals surface area (Å²) in [6.07, 6.45) is 2.74. The first-order valence-electron chi connectivity index (χ1n) is 10.7. The Morgan fingerprint density at radius 3 is 2.62 bits per heavy atom. The van der Waals surface area contributed by atoms with E-state index in [0.29, 0.717) is 28.9 Å². The molecule has 1 unspecified atom stereocenters. The van der Waals surface area contributed by atoms with Crippen LogP contribution in [-0.2, 0) is 22.5 Å². The van der Waals surface area contributed by atoms with Gasteiger partial charge in [-0.25, -0.2) is 9.78 Å². The molecular formula is C24H25N3O5. The summed E-state index contributed by atoms with van der Waals surface area (Å²) in [6.45, 7) is 2.17. The molecular weight excluding hydrogens is 410 g/mol. The summed E-state index contributed by atoms with van der Waals surface area (Å²) in [7, 11) is 1.56. The van der Waals surface area contributed by atoms with Crippen LogP contribution >= 0.6 is 0 Å². The summed E-state index contributed by atoms with van der Waals surface area (Å²) in [5.74, 6) is 0.314. The molecule has 1 aliphatic rings. The Labute approximate surface area is 185 Å². The van der Waals surface area contributed by atoms with Gasteiger partial charge in [-0.3, -0.25) is 14.2 Å². The molecule has 4 rings (SSSR count). The third kappa shape index (κ3) is 4.49. The highest BCUT2D eigenvalue weighted by atomic mass is 16.5. The quantitative estimate of drug-likeness (QED) is 0.617. The minimum Gasteiger partial charge on any atom is -0.497 e. The van der Waals surface area contributed by atoms with Crippen molar-refractivity contribution >= 4 is 28.5 Å². The fourth-order valence-corrected chi connectivity index (χ4v) is 3.75. The second-order valence-electron chi connectivity index (χ2n) is 7.79. The highest BCUT2D eigenvalue weighted by Crippen LogP contribution is 2.18. The lowest BCUT2D eigenvalue weighted by Crippen LogP contribution is -2.30. The van der Waals surface area contributed by atoms with E-state index in [4.69, 9.17) is 9.47 Å². The van der Waals surface area contributed by atoms with Gasteiger partial charge in [0.05, 0.1) is 23.6 Å². The highest BCUT2D eigenvalue weighted by molar-refractivity contribution is 5.98. The molecule has 0 fully saturated rings. The summed E-state index contributed by atoms with van der Waals surface area (Å²) in [6, 6.07) is 11.5. The maximum Gasteiger partial charge on any atom is 0.338 e. The average molecular weight is 435 g/mol. The van der Waals surface area contributed by atoms with Gasteiger partial charge in [0.1, 0.15) is 11.6 Å². The monoisotopic (exact) mass is 435 g/mol. The number of aryl methyl sites for hydroxylation is 1. The SMILES string of the molecule is COc1ccc(NC(=O)C(C)OC(=O)c2ccc3c(=O)n4c(nc3c2)CCCCC4)cc1. The van der Waals surface area contributed by atoms with Crippen LogP contribution < -0.4 is 15.6 Å². The number of fused-ring (bicyclic) bond motifs is 2. The number of carbonyl (C=O) groups excluding carboxylic acids is 2. The number of anilines is 1. The minimum atomic E-state index is -1.01. The minimum absolute atomic E-state index is 0.0842. The predicted molar refractivity (Wildman–Crippen MR) is 120 cm³/mol. The van der Waals surface area contributed by atoms with E-state index < -0.39 is 18.0 Å². The normalized spacial score (nSPS) is 14.2. The van der Waals surface area contributed by atoms with Crippen molar-refractivity contribution in [1.29, 1.82) is 0 Å². The molecule has 0 saturated heterocycles. The van der Waals surface area contributed by atoms with E-state index in [0.717, 1.165) is 31.5 Å². The van der Waals surface area contributed by atoms with Gasteiger partial charge in [-0.2, -0.15) is 0 Å². The zero-order valence-corrected chi connectivity index (χ0v) is 18.1. The fraction of sp³-hybridized carbons (Fsp3) is 0.333. The van der Waals surface area contributed by atoms with Gasteiger partial charge in [-0.1, -0.05) is 6.42 Å². The topological polar surface area (TPSA) is 99.5 Å². The van der Waals surface area contributed by atoms with Crippen LogP contribution in [0.2, 0.25) is 0 Å². The smallest absolute Gasteiger partial charge is 0.338 e. The molecule has 0 radical (unpaired) electrons. The molecule has 0 aliphatic carbocycles. The van der Waals surface area contributed by atoms with Gasteiger partial charge < -0.3 is 14.8 Å². The fourth-order valence-electron chi connectivity index (χ4n) is 3.75. The molecule has 2 heterocycles. The Bertz CT molecular complexity index is 1220. The Morgan fingerprint density at radius 1 is 1.09 bits per heavy atom. The van der Waals surface area contributed by atoms with Crippen LogP contribution in [0.3, 0.4) is 0 Å². The maximum absolute atomic E-state index is 12.8. The van der Waals surface area contributed by atoms with E-state index >= 15 is 0 Å². The van der Waals surface area contributed by atoms with Gasteiger partial charge in [0.15, 0.2) is 6.10 Å². The van der Waals surface area contributed by atoms with Gasteiger partial charge in [-0.15, -0.1) is 0 Å². The van der Waals surface area contributed by atoms with E-state index in [-0.39, 0.29) is 11.1 Å². The standard InChI is InChI=1S/C24H25N3O5/c1-15(22(28)25-17-8-10-18(31-2)11-9-17)32-24(30)16-7-12-19-20(14-16)26-21-6-4-3-5-13-27(21)23(19)29/h7-12,14-15H,3-6,13H2,1-2H3,(H,25,28). The summed E-state index contributed by atoms with van der Waals surface area (Å²) >= 11 is 0. The highest BCUT2D eigenvalue weighted by Gasteiger charge is 2.21. The summed E-state index contributed by atoms with van der Waals surface area (Å²) in [5, 5.41) is 3.17. The second kappa shape index (κ2) is 9.21. The lowest BCUT2D eigenvalue weighted by atomic mass is 10.1. The van der Waals surface area contributed by atoms with Crippen LogP contribution in [-0.4, -0.2) is 34.6 Å². The molecule has 3 aromatic rings. The number of hydrogen-bond donors (Lipinski definition) is 1. The van der Waals surface area contributed by atoms with Crippen molar-refractivity contribution in [1.82, 2.24) is 9.55 Å². The van der Waals surface area contributed by atoms with E-state index in [2.05, 4.69) is 10.3 Å². The predicted octanol–water partition coefficient (Wildman–Crippen LogP) is 3.32. The third-order valence-corrected chi connectivity index (χ3v) is 5.56. The summed E-state index contributed by atoms with van der Waals surface area (Å²) in [5.41, 5.74) is 1.19. The molecule has 0 bridgehead atoms. The van der Waals surface area contributed by atoms with Crippen molar-refractivity contribution in [3.05, 3.63) is 64.2 Å². The van der Waals surface area contributed by atoms with Crippen molar-refractivity contribution in [3.8, 4) is 5.75 Å². The van der Waals surface area contributed by atoms with Gasteiger partial charge in [0, 0.05) is 18.7 Å². The van der Waals surface area contributed by atoms with Crippen molar-refractivity contribution in [2.24, 2.45) is 0 Å². The molecule has 166 valence electrons. The zero-order chi connectivity index (χ0) is 22.7. The van der Waals surface area contributed by atoms with Gasteiger partial charge in [0.2, 0.25) is 0 Å². The Kier molecular flexibility index (Phi) is 6.20. The van der Waals surface area contributed by atoms with Crippen LogP contribution in [0, 0.1) is 0 Å². The van der Waals surface area contributed by atoms with Crippen molar-refractivity contribution in [3.63, 3.8) is 0 Å². The number of amides is 1. The molecule has 1 atom stereocenters. The van der Waals surface area contributed by atoms with Gasteiger partial charge in [-0.05, 0) is 62.2 Å². The number of ether oxygens (including phenoxy) is 2. The molecule has 8 nitrogen and oxygen atoms in total. The summed E-state index contributed by atoms with van der Waals surface area (Å²) < 4.78 is 12.2. The van der Waals surface area contributed by atoms with Crippen LogP contribution in [0.25, 0.3) is 10.9 Å².